The summed E-state index contributed by atoms with van der Waals surface area (Å²) in [5.74, 6) is 0.000806. The van der Waals surface area contributed by atoms with Gasteiger partial charge in [0.15, 0.2) is 5.78 Å². The highest BCUT2D eigenvalue weighted by Gasteiger charge is 2.36. The molecule has 5 nitrogen and oxygen atoms in total. The summed E-state index contributed by atoms with van der Waals surface area (Å²) in [6.07, 6.45) is 1.43. The normalized spacial score (nSPS) is 16.0. The Kier molecular flexibility index (Phi) is 5.53. The van der Waals surface area contributed by atoms with Gasteiger partial charge in [0.2, 0.25) is 0 Å². The first-order chi connectivity index (χ1) is 10.9. The Balaban J connectivity index is 1.85. The van der Waals surface area contributed by atoms with Crippen molar-refractivity contribution < 1.29 is 19.1 Å². The molecule has 1 aliphatic carbocycles. The van der Waals surface area contributed by atoms with E-state index in [2.05, 4.69) is 5.32 Å². The number of alkyl carbamates (subject to hydrolysis) is 1. The number of hydrogen-bond acceptors (Lipinski definition) is 4. The van der Waals surface area contributed by atoms with Crippen molar-refractivity contribution in [3.63, 3.8) is 0 Å². The zero-order valence-corrected chi connectivity index (χ0v) is 13.6. The summed E-state index contributed by atoms with van der Waals surface area (Å²) in [6, 6.07) is 9.36. The molecule has 0 aliphatic heterocycles. The molecule has 2 rings (SSSR count). The maximum absolute atomic E-state index is 12.6. The van der Waals surface area contributed by atoms with Gasteiger partial charge in [0.05, 0.1) is 5.54 Å². The Morgan fingerprint density at radius 2 is 1.78 bits per heavy atom. The van der Waals surface area contributed by atoms with E-state index in [4.69, 9.17) is 4.74 Å². The van der Waals surface area contributed by atoms with Gasteiger partial charge >= 0.3 is 6.09 Å². The minimum atomic E-state index is -1.00. The molecule has 0 unspecified atom stereocenters. The van der Waals surface area contributed by atoms with Crippen LogP contribution in [-0.2, 0) is 20.9 Å². The first-order valence-electron chi connectivity index (χ1n) is 7.93. The Morgan fingerprint density at radius 3 is 2.39 bits per heavy atom. The van der Waals surface area contributed by atoms with Gasteiger partial charge in [0.1, 0.15) is 12.4 Å². The lowest BCUT2D eigenvalue weighted by Gasteiger charge is -2.30. The van der Waals surface area contributed by atoms with Gasteiger partial charge in [0, 0.05) is 18.8 Å². The lowest BCUT2D eigenvalue weighted by atomic mass is 9.79. The average Bonchev–Trinajstić information content (AvgIpc) is 2.53. The van der Waals surface area contributed by atoms with Crippen LogP contribution in [0.2, 0.25) is 0 Å². The van der Waals surface area contributed by atoms with E-state index < -0.39 is 11.6 Å². The summed E-state index contributed by atoms with van der Waals surface area (Å²) in [4.78, 5) is 35.8. The third-order valence-electron chi connectivity index (χ3n) is 4.16. The quantitative estimate of drug-likeness (QED) is 0.906. The molecular formula is C18H23NO4. The Hall–Kier alpha value is -2.17. The Labute approximate surface area is 136 Å². The van der Waals surface area contributed by atoms with E-state index in [1.54, 1.807) is 13.8 Å². The van der Waals surface area contributed by atoms with Crippen LogP contribution in [0.1, 0.15) is 45.1 Å². The van der Waals surface area contributed by atoms with E-state index in [9.17, 15) is 14.4 Å². The number of amides is 1. The van der Waals surface area contributed by atoms with Gasteiger partial charge in [0.25, 0.3) is 0 Å². The van der Waals surface area contributed by atoms with Crippen molar-refractivity contribution in [1.29, 1.82) is 0 Å². The van der Waals surface area contributed by atoms with Crippen molar-refractivity contribution in [2.45, 2.75) is 51.7 Å². The predicted octanol–water partition coefficient (Wildman–Crippen LogP) is 3.02. The van der Waals surface area contributed by atoms with E-state index in [0.29, 0.717) is 25.7 Å². The van der Waals surface area contributed by atoms with Crippen LogP contribution in [-0.4, -0.2) is 23.2 Å². The standard InChI is InChI=1S/C18H23NO4/c1-18(2,16(21)14-8-10-15(20)11-9-14)19-17(22)23-12-13-6-4-3-5-7-13/h3-7,14H,8-12H2,1-2H3,(H,19,22). The highest BCUT2D eigenvalue weighted by molar-refractivity contribution is 5.94. The fourth-order valence-electron chi connectivity index (χ4n) is 2.79. The highest BCUT2D eigenvalue weighted by Crippen LogP contribution is 2.26. The number of hydrogen-bond donors (Lipinski definition) is 1. The minimum absolute atomic E-state index is 0.0401. The van der Waals surface area contributed by atoms with Gasteiger partial charge in [-0.3, -0.25) is 9.59 Å². The molecule has 124 valence electrons. The molecular weight excluding hydrogens is 294 g/mol. The number of carbonyl (C=O) groups is 3. The summed E-state index contributed by atoms with van der Waals surface area (Å²) < 4.78 is 5.16. The fourth-order valence-corrected chi connectivity index (χ4v) is 2.79. The maximum Gasteiger partial charge on any atom is 0.408 e. The van der Waals surface area contributed by atoms with E-state index >= 15 is 0 Å². The van der Waals surface area contributed by atoms with Crippen molar-refractivity contribution in [1.82, 2.24) is 5.32 Å². The summed E-state index contributed by atoms with van der Waals surface area (Å²) >= 11 is 0. The number of Topliss-reactive ketones (excluding diaryl/α,β-unsaturated/α-hetero) is 2. The monoisotopic (exact) mass is 317 g/mol. The number of ether oxygens (including phenoxy) is 1. The first-order valence-corrected chi connectivity index (χ1v) is 7.93. The second kappa shape index (κ2) is 7.40. The largest absolute Gasteiger partial charge is 0.445 e. The maximum atomic E-state index is 12.6. The molecule has 0 radical (unpaired) electrons. The van der Waals surface area contributed by atoms with E-state index in [0.717, 1.165) is 5.56 Å². The molecule has 1 aliphatic rings. The zero-order valence-electron chi connectivity index (χ0n) is 13.6. The predicted molar refractivity (Wildman–Crippen MR) is 85.8 cm³/mol. The zero-order chi connectivity index (χ0) is 16.9. The molecule has 5 heteroatoms. The number of benzene rings is 1. The summed E-state index contributed by atoms with van der Waals surface area (Å²) in [7, 11) is 0. The van der Waals surface area contributed by atoms with Crippen molar-refractivity contribution in [3.05, 3.63) is 35.9 Å². The highest BCUT2D eigenvalue weighted by atomic mass is 16.5. The molecule has 0 saturated heterocycles. The smallest absolute Gasteiger partial charge is 0.408 e. The van der Waals surface area contributed by atoms with Gasteiger partial charge in [-0.25, -0.2) is 4.79 Å². The third-order valence-corrected chi connectivity index (χ3v) is 4.16. The molecule has 1 saturated carbocycles. The van der Waals surface area contributed by atoms with Gasteiger partial charge in [-0.05, 0) is 32.3 Å². The first kappa shape index (κ1) is 17.2. The van der Waals surface area contributed by atoms with Crippen molar-refractivity contribution >= 4 is 17.7 Å². The second-order valence-corrected chi connectivity index (χ2v) is 6.49. The summed E-state index contributed by atoms with van der Waals surface area (Å²) in [6.45, 7) is 3.51. The molecule has 0 bridgehead atoms. The molecule has 1 aromatic carbocycles. The Bertz CT molecular complexity index is 570. The van der Waals surface area contributed by atoms with Crippen LogP contribution < -0.4 is 5.32 Å². The summed E-state index contributed by atoms with van der Waals surface area (Å²) in [5, 5.41) is 2.64. The van der Waals surface area contributed by atoms with E-state index in [1.165, 1.54) is 0 Å². The van der Waals surface area contributed by atoms with Crippen molar-refractivity contribution in [2.75, 3.05) is 0 Å². The molecule has 23 heavy (non-hydrogen) atoms. The van der Waals surface area contributed by atoms with Gasteiger partial charge in [-0.15, -0.1) is 0 Å². The van der Waals surface area contributed by atoms with Crippen LogP contribution in [0.5, 0.6) is 0 Å². The SMILES string of the molecule is CC(C)(NC(=O)OCc1ccccc1)C(=O)C1CCC(=O)CC1. The molecule has 1 aromatic rings. The van der Waals surface area contributed by atoms with Crippen LogP contribution >= 0.6 is 0 Å². The molecule has 0 heterocycles. The molecule has 1 N–H and O–H groups in total. The van der Waals surface area contributed by atoms with Crippen LogP contribution in [0.15, 0.2) is 30.3 Å². The van der Waals surface area contributed by atoms with Crippen molar-refractivity contribution in [3.8, 4) is 0 Å². The summed E-state index contributed by atoms with van der Waals surface area (Å²) in [5.41, 5.74) is -0.115. The lowest BCUT2D eigenvalue weighted by molar-refractivity contribution is -0.131. The molecule has 1 fully saturated rings. The van der Waals surface area contributed by atoms with Gasteiger partial charge < -0.3 is 10.1 Å². The lowest BCUT2D eigenvalue weighted by Crippen LogP contribution is -2.52. The van der Waals surface area contributed by atoms with Crippen LogP contribution in [0.4, 0.5) is 4.79 Å². The van der Waals surface area contributed by atoms with E-state index in [-0.39, 0.29) is 24.1 Å². The molecule has 0 aromatic heterocycles. The Morgan fingerprint density at radius 1 is 1.17 bits per heavy atom. The number of rotatable bonds is 5. The van der Waals surface area contributed by atoms with Crippen molar-refractivity contribution in [2.24, 2.45) is 5.92 Å². The van der Waals surface area contributed by atoms with Crippen LogP contribution in [0.25, 0.3) is 0 Å². The van der Waals surface area contributed by atoms with Crippen LogP contribution in [0, 0.1) is 5.92 Å². The van der Waals surface area contributed by atoms with Gasteiger partial charge in [-0.2, -0.15) is 0 Å². The van der Waals surface area contributed by atoms with E-state index in [1.807, 2.05) is 30.3 Å². The molecule has 1 amide bonds. The second-order valence-electron chi connectivity index (χ2n) is 6.49. The molecule has 0 spiro atoms. The number of ketones is 2. The average molecular weight is 317 g/mol. The topological polar surface area (TPSA) is 72.5 Å². The minimum Gasteiger partial charge on any atom is -0.445 e. The molecule has 0 atom stereocenters. The van der Waals surface area contributed by atoms with Gasteiger partial charge in [-0.1, -0.05) is 30.3 Å². The number of carbonyl (C=O) groups excluding carboxylic acids is 3. The number of nitrogens with one attached hydrogen (secondary N) is 1. The third kappa shape index (κ3) is 4.91. The van der Waals surface area contributed by atoms with Crippen LogP contribution in [0.3, 0.4) is 0 Å². The fraction of sp³-hybridized carbons (Fsp3) is 0.500.